The molecule has 2 aromatic heterocycles. The highest BCUT2D eigenvalue weighted by atomic mass is 16.8. The molecule has 0 saturated carbocycles. The lowest BCUT2D eigenvalue weighted by molar-refractivity contribution is -0.153. The number of hydrogen-bond acceptors (Lipinski definition) is 9. The highest BCUT2D eigenvalue weighted by molar-refractivity contribution is 5.95. The van der Waals surface area contributed by atoms with Crippen LogP contribution in [0.25, 0.3) is 11.2 Å². The van der Waals surface area contributed by atoms with Gasteiger partial charge in [0.1, 0.15) is 18.5 Å². The van der Waals surface area contributed by atoms with Crippen LogP contribution in [0.2, 0.25) is 0 Å². The molecule has 2 saturated heterocycles. The van der Waals surface area contributed by atoms with Gasteiger partial charge in [0.2, 0.25) is 0 Å². The van der Waals surface area contributed by atoms with Gasteiger partial charge in [-0.05, 0) is 20.3 Å². The van der Waals surface area contributed by atoms with Gasteiger partial charge < -0.3 is 24.3 Å². The fourth-order valence-corrected chi connectivity index (χ4v) is 4.49. The third kappa shape index (κ3) is 4.74. The van der Waals surface area contributed by atoms with E-state index in [0.717, 1.165) is 5.56 Å². The number of imidazole rings is 1. The Labute approximate surface area is 207 Å². The normalized spacial score (nSPS) is 25.0. The van der Waals surface area contributed by atoms with E-state index in [9.17, 15) is 9.59 Å². The topological polar surface area (TPSA) is 139 Å². The molecule has 3 aromatic rings. The summed E-state index contributed by atoms with van der Waals surface area (Å²) in [5.41, 5.74) is 1.77. The molecular formula is C24H28N6O6. The van der Waals surface area contributed by atoms with Crippen molar-refractivity contribution in [2.24, 2.45) is 0 Å². The highest BCUT2D eigenvalue weighted by Gasteiger charge is 2.53. The molecule has 2 N–H and O–H groups in total. The van der Waals surface area contributed by atoms with Gasteiger partial charge in [-0.15, -0.1) is 0 Å². The van der Waals surface area contributed by atoms with Gasteiger partial charge in [-0.25, -0.2) is 19.7 Å². The molecule has 0 spiro atoms. The van der Waals surface area contributed by atoms with Crippen LogP contribution in [0.4, 0.5) is 10.6 Å². The predicted octanol–water partition coefficient (Wildman–Crippen LogP) is 2.69. The van der Waals surface area contributed by atoms with Crippen LogP contribution in [-0.4, -0.2) is 63.0 Å². The predicted molar refractivity (Wildman–Crippen MR) is 127 cm³/mol. The summed E-state index contributed by atoms with van der Waals surface area (Å²) in [4.78, 5) is 37.0. The first kappa shape index (κ1) is 24.1. The molecule has 2 aliphatic heterocycles. The summed E-state index contributed by atoms with van der Waals surface area (Å²) in [7, 11) is 0. The molecule has 0 radical (unpaired) electrons. The van der Waals surface area contributed by atoms with Gasteiger partial charge >= 0.3 is 12.0 Å². The maximum atomic E-state index is 12.0. The molecule has 2 fully saturated rings. The summed E-state index contributed by atoms with van der Waals surface area (Å²) < 4.78 is 25.8. The first-order chi connectivity index (χ1) is 17.6. The number of anilines is 1. The van der Waals surface area contributed by atoms with Crippen molar-refractivity contribution in [3.05, 3.63) is 48.5 Å². The van der Waals surface area contributed by atoms with E-state index < -0.39 is 30.8 Å². The minimum atomic E-state index is -0.617. The Morgan fingerprint density at radius 3 is 2.64 bits per heavy atom. The van der Waals surface area contributed by atoms with Gasteiger partial charge in [-0.3, -0.25) is 14.7 Å². The second kappa shape index (κ2) is 10.6. The quantitative estimate of drug-likeness (QED) is 0.451. The van der Waals surface area contributed by atoms with Crippen molar-refractivity contribution in [2.45, 2.75) is 57.5 Å². The Morgan fingerprint density at radius 2 is 1.86 bits per heavy atom. The smallest absolute Gasteiger partial charge is 0.320 e. The Bertz CT molecular complexity index is 1220. The number of carbonyl (C=O) groups is 2. The number of aromatic nitrogens is 4. The average molecular weight is 497 g/mol. The second-order valence-corrected chi connectivity index (χ2v) is 8.38. The van der Waals surface area contributed by atoms with Crippen molar-refractivity contribution < 1.29 is 28.5 Å². The number of ether oxygens (including phenoxy) is 4. The second-order valence-electron chi connectivity index (χ2n) is 8.38. The first-order valence-electron chi connectivity index (χ1n) is 12.0. The Morgan fingerprint density at radius 1 is 1.06 bits per heavy atom. The summed E-state index contributed by atoms with van der Waals surface area (Å²) in [5, 5.41) is 5.36. The van der Waals surface area contributed by atoms with Crippen molar-refractivity contribution in [3.8, 4) is 0 Å². The minimum Gasteiger partial charge on any atom is -0.466 e. The van der Waals surface area contributed by atoms with Crippen LogP contribution < -0.4 is 10.6 Å². The van der Waals surface area contributed by atoms with Gasteiger partial charge in [-0.1, -0.05) is 30.3 Å². The molecule has 1 aromatic carbocycles. The molecular weight excluding hydrogens is 468 g/mol. The lowest BCUT2D eigenvalue weighted by Gasteiger charge is -2.21. The van der Waals surface area contributed by atoms with Gasteiger partial charge in [0.05, 0.1) is 19.0 Å². The van der Waals surface area contributed by atoms with E-state index in [0.29, 0.717) is 30.7 Å². The summed E-state index contributed by atoms with van der Waals surface area (Å²) >= 11 is 0. The third-order valence-corrected chi connectivity index (χ3v) is 6.06. The molecule has 12 heteroatoms. The van der Waals surface area contributed by atoms with E-state index in [1.807, 2.05) is 37.3 Å². The number of urea groups is 1. The molecule has 12 nitrogen and oxygen atoms in total. The molecule has 0 bridgehead atoms. The minimum absolute atomic E-state index is 0.196. The number of nitrogens with one attached hydrogen (secondary N) is 2. The Kier molecular flexibility index (Phi) is 7.07. The maximum Gasteiger partial charge on any atom is 0.320 e. The van der Waals surface area contributed by atoms with Crippen molar-refractivity contribution >= 4 is 29.0 Å². The van der Waals surface area contributed by atoms with Gasteiger partial charge in [-0.2, -0.15) is 0 Å². The van der Waals surface area contributed by atoms with E-state index in [1.165, 1.54) is 6.33 Å². The monoisotopic (exact) mass is 496 g/mol. The van der Waals surface area contributed by atoms with E-state index in [4.69, 9.17) is 18.9 Å². The zero-order chi connectivity index (χ0) is 25.1. The van der Waals surface area contributed by atoms with Crippen LogP contribution in [0.15, 0.2) is 43.0 Å². The third-order valence-electron chi connectivity index (χ3n) is 6.06. The van der Waals surface area contributed by atoms with Crippen molar-refractivity contribution in [2.75, 3.05) is 18.5 Å². The van der Waals surface area contributed by atoms with Crippen molar-refractivity contribution in [3.63, 3.8) is 0 Å². The van der Waals surface area contributed by atoms with Crippen molar-refractivity contribution in [1.29, 1.82) is 0 Å². The molecule has 2 aliphatic rings. The summed E-state index contributed by atoms with van der Waals surface area (Å²) in [6.45, 7) is 4.39. The molecule has 5 rings (SSSR count). The standard InChI is InChI=1S/C24H28N6O6/c1-3-25-24(32)29-20-17-21(27-12-26-20)30(13-28-17)22-19-18(15(34-22)10-11-16(31)33-4-2)35-23(36-19)14-8-6-5-7-9-14/h5-9,12-13,15,18-19,22-23H,3-4,10-11H2,1-2H3,(H2,25,26,27,29,32)/t15?,18?,19?,22?,23-/m0/s1. The fraction of sp³-hybridized carbons (Fsp3) is 0.458. The van der Waals surface area contributed by atoms with Gasteiger partial charge in [0.15, 0.2) is 29.5 Å². The molecule has 2 amide bonds. The number of benzene rings is 1. The molecule has 190 valence electrons. The highest BCUT2D eigenvalue weighted by Crippen LogP contribution is 2.45. The van der Waals surface area contributed by atoms with Crippen LogP contribution in [-0.2, 0) is 23.7 Å². The number of rotatable bonds is 8. The Hall–Kier alpha value is -3.61. The van der Waals surface area contributed by atoms with Crippen LogP contribution >= 0.6 is 0 Å². The van der Waals surface area contributed by atoms with Gasteiger partial charge in [0, 0.05) is 18.5 Å². The Balaban J connectivity index is 1.43. The van der Waals surface area contributed by atoms with Crippen LogP contribution in [0.5, 0.6) is 0 Å². The summed E-state index contributed by atoms with van der Waals surface area (Å²) in [6, 6.07) is 9.26. The molecule has 36 heavy (non-hydrogen) atoms. The SMILES string of the molecule is CCNC(=O)Nc1ncnc2c1ncn2C1OC(CCC(=O)OCC)C2O[C@H](c3ccccc3)OC21. The average Bonchev–Trinajstić information content (AvgIpc) is 3.58. The van der Waals surface area contributed by atoms with E-state index >= 15 is 0 Å². The lowest BCUT2D eigenvalue weighted by Crippen LogP contribution is -2.29. The molecule has 5 atom stereocenters. The number of nitrogens with zero attached hydrogens (tertiary/aromatic N) is 4. The lowest BCUT2D eigenvalue weighted by atomic mass is 10.1. The zero-order valence-corrected chi connectivity index (χ0v) is 20.0. The number of fused-ring (bicyclic) bond motifs is 2. The van der Waals surface area contributed by atoms with E-state index in [-0.39, 0.29) is 24.2 Å². The number of carbonyl (C=O) groups excluding carboxylic acids is 2. The summed E-state index contributed by atoms with van der Waals surface area (Å²) in [6.07, 6.45) is 1.04. The molecule has 0 aliphatic carbocycles. The van der Waals surface area contributed by atoms with Crippen LogP contribution in [0.1, 0.15) is 44.8 Å². The van der Waals surface area contributed by atoms with E-state index in [1.54, 1.807) is 17.8 Å². The van der Waals surface area contributed by atoms with Crippen molar-refractivity contribution in [1.82, 2.24) is 24.8 Å². The summed E-state index contributed by atoms with van der Waals surface area (Å²) in [5.74, 6) is -0.00891. The van der Waals surface area contributed by atoms with Crippen LogP contribution in [0.3, 0.4) is 0 Å². The number of esters is 1. The largest absolute Gasteiger partial charge is 0.466 e. The van der Waals surface area contributed by atoms with E-state index in [2.05, 4.69) is 25.6 Å². The zero-order valence-electron chi connectivity index (χ0n) is 20.0. The molecule has 4 unspecified atom stereocenters. The fourth-order valence-electron chi connectivity index (χ4n) is 4.49. The number of hydrogen-bond donors (Lipinski definition) is 2. The first-order valence-corrected chi connectivity index (χ1v) is 12.0. The number of amides is 2. The molecule has 4 heterocycles. The maximum absolute atomic E-state index is 12.0. The van der Waals surface area contributed by atoms with Gasteiger partial charge in [0.25, 0.3) is 0 Å². The van der Waals surface area contributed by atoms with Crippen LogP contribution in [0, 0.1) is 0 Å².